The number of hydrogen-bond acceptors (Lipinski definition) is 6. The quantitative estimate of drug-likeness (QED) is 0.830. The first kappa shape index (κ1) is 16.6. The zero-order valence-corrected chi connectivity index (χ0v) is 12.8. The van der Waals surface area contributed by atoms with E-state index in [0.717, 1.165) is 11.3 Å². The highest BCUT2D eigenvalue weighted by Crippen LogP contribution is 2.31. The van der Waals surface area contributed by atoms with Crippen LogP contribution in [0.1, 0.15) is 21.0 Å². The summed E-state index contributed by atoms with van der Waals surface area (Å²) in [5, 5.41) is 2.53. The zero-order chi connectivity index (χ0) is 16.3. The van der Waals surface area contributed by atoms with Crippen LogP contribution >= 0.6 is 11.3 Å². The molecule has 2 rings (SSSR count). The molecule has 1 aliphatic rings. The van der Waals surface area contributed by atoms with Crippen LogP contribution in [0, 0.1) is 6.92 Å². The fraction of sp³-hybridized carbons (Fsp3) is 0.538. The lowest BCUT2D eigenvalue weighted by Crippen LogP contribution is -2.55. The van der Waals surface area contributed by atoms with E-state index in [-0.39, 0.29) is 23.7 Å². The molecular weight excluding hydrogens is 320 g/mol. The van der Waals surface area contributed by atoms with Gasteiger partial charge in [0.15, 0.2) is 5.54 Å². The smallest absolute Gasteiger partial charge is 0.387 e. The van der Waals surface area contributed by atoms with E-state index in [1.54, 1.807) is 6.92 Å². The van der Waals surface area contributed by atoms with Crippen molar-refractivity contribution in [2.24, 2.45) is 0 Å². The van der Waals surface area contributed by atoms with Crippen molar-refractivity contribution in [2.75, 3.05) is 20.3 Å². The van der Waals surface area contributed by atoms with Gasteiger partial charge in [0.1, 0.15) is 10.6 Å². The molecule has 1 amide bonds. The van der Waals surface area contributed by atoms with Crippen molar-refractivity contribution >= 4 is 23.2 Å². The summed E-state index contributed by atoms with van der Waals surface area (Å²) < 4.78 is 39.0. The second kappa shape index (κ2) is 6.57. The van der Waals surface area contributed by atoms with Crippen LogP contribution in [0.3, 0.4) is 0 Å². The van der Waals surface area contributed by atoms with E-state index in [9.17, 15) is 18.4 Å². The maximum atomic E-state index is 12.4. The van der Waals surface area contributed by atoms with Gasteiger partial charge in [-0.05, 0) is 13.0 Å². The number of carbonyl (C=O) groups is 2. The summed E-state index contributed by atoms with van der Waals surface area (Å²) >= 11 is 1.00. The molecule has 0 saturated carbocycles. The van der Waals surface area contributed by atoms with Crippen LogP contribution in [-0.2, 0) is 14.3 Å². The first-order chi connectivity index (χ1) is 10.4. The van der Waals surface area contributed by atoms with Gasteiger partial charge >= 0.3 is 12.6 Å². The molecule has 9 heteroatoms. The molecule has 6 nitrogen and oxygen atoms in total. The Balaban J connectivity index is 2.22. The SMILES string of the molecule is COC(=O)[C@]1(NC(=O)c2sc(C)cc2OC(F)F)CCOC1. The van der Waals surface area contributed by atoms with Gasteiger partial charge in [0.2, 0.25) is 0 Å². The van der Waals surface area contributed by atoms with E-state index in [1.165, 1.54) is 13.2 Å². The summed E-state index contributed by atoms with van der Waals surface area (Å²) in [6, 6.07) is 1.35. The van der Waals surface area contributed by atoms with E-state index in [4.69, 9.17) is 9.47 Å². The number of ether oxygens (including phenoxy) is 3. The highest BCUT2D eigenvalue weighted by molar-refractivity contribution is 7.14. The minimum absolute atomic E-state index is 0.0204. The van der Waals surface area contributed by atoms with E-state index in [2.05, 4.69) is 10.1 Å². The molecule has 1 atom stereocenters. The Morgan fingerprint density at radius 3 is 2.77 bits per heavy atom. The molecule has 1 saturated heterocycles. The van der Waals surface area contributed by atoms with Gasteiger partial charge < -0.3 is 19.5 Å². The second-order valence-electron chi connectivity index (χ2n) is 4.76. The topological polar surface area (TPSA) is 73.9 Å². The number of hydrogen-bond donors (Lipinski definition) is 1. The zero-order valence-electron chi connectivity index (χ0n) is 12.0. The molecule has 1 aromatic rings. The molecule has 0 spiro atoms. The van der Waals surface area contributed by atoms with Crippen LogP contribution < -0.4 is 10.1 Å². The maximum absolute atomic E-state index is 12.4. The Morgan fingerprint density at radius 2 is 2.23 bits per heavy atom. The number of esters is 1. The van der Waals surface area contributed by atoms with Crippen molar-refractivity contribution in [3.63, 3.8) is 0 Å². The van der Waals surface area contributed by atoms with Gasteiger partial charge in [0, 0.05) is 17.9 Å². The number of carbonyl (C=O) groups excluding carboxylic acids is 2. The molecule has 122 valence electrons. The van der Waals surface area contributed by atoms with Crippen LogP contribution in [0.25, 0.3) is 0 Å². The minimum Gasteiger partial charge on any atom is -0.467 e. The van der Waals surface area contributed by atoms with Crippen molar-refractivity contribution in [1.29, 1.82) is 0 Å². The molecule has 0 bridgehead atoms. The van der Waals surface area contributed by atoms with Gasteiger partial charge in [-0.15, -0.1) is 11.3 Å². The number of nitrogens with one attached hydrogen (secondary N) is 1. The predicted molar refractivity (Wildman–Crippen MR) is 73.3 cm³/mol. The van der Waals surface area contributed by atoms with Crippen LogP contribution in [0.15, 0.2) is 6.07 Å². The van der Waals surface area contributed by atoms with E-state index in [0.29, 0.717) is 11.5 Å². The van der Waals surface area contributed by atoms with Crippen molar-refractivity contribution in [3.05, 3.63) is 15.8 Å². The predicted octanol–water partition coefficient (Wildman–Crippen LogP) is 1.72. The lowest BCUT2D eigenvalue weighted by atomic mass is 9.99. The number of halogens is 2. The highest BCUT2D eigenvalue weighted by Gasteiger charge is 2.45. The standard InChI is InChI=1S/C13H15F2NO5S/c1-7-5-8(21-12(14)15)9(22-7)10(17)16-13(11(18)19-2)3-4-20-6-13/h5,12H,3-4,6H2,1-2H3,(H,16,17)/t13-/m0/s1. The van der Waals surface area contributed by atoms with E-state index in [1.807, 2.05) is 0 Å². The Kier molecular flexibility index (Phi) is 4.97. The number of rotatable bonds is 5. The van der Waals surface area contributed by atoms with E-state index >= 15 is 0 Å². The summed E-state index contributed by atoms with van der Waals surface area (Å²) in [5.41, 5.74) is -1.30. The van der Waals surface area contributed by atoms with Gasteiger partial charge in [-0.25, -0.2) is 4.79 Å². The fourth-order valence-corrected chi connectivity index (χ4v) is 3.02. The molecule has 1 fully saturated rings. The minimum atomic E-state index is -3.04. The van der Waals surface area contributed by atoms with Crippen molar-refractivity contribution in [3.8, 4) is 5.75 Å². The number of thiophene rings is 1. The molecule has 2 heterocycles. The normalized spacial score (nSPS) is 21.0. The molecule has 1 aromatic heterocycles. The van der Waals surface area contributed by atoms with Crippen molar-refractivity contribution in [1.82, 2.24) is 5.32 Å². The summed E-state index contributed by atoms with van der Waals surface area (Å²) in [7, 11) is 1.20. The molecule has 0 aliphatic carbocycles. The molecular formula is C13H15F2NO5S. The maximum Gasteiger partial charge on any atom is 0.387 e. The van der Waals surface area contributed by atoms with Crippen LogP contribution in [0.5, 0.6) is 5.75 Å². The molecule has 1 N–H and O–H groups in total. The first-order valence-electron chi connectivity index (χ1n) is 6.42. The third kappa shape index (κ3) is 3.36. The lowest BCUT2D eigenvalue weighted by molar-refractivity contribution is -0.148. The number of methoxy groups -OCH3 is 1. The van der Waals surface area contributed by atoms with Crippen molar-refractivity contribution in [2.45, 2.75) is 25.5 Å². The van der Waals surface area contributed by atoms with Crippen LogP contribution in [0.2, 0.25) is 0 Å². The highest BCUT2D eigenvalue weighted by atomic mass is 32.1. The average molecular weight is 335 g/mol. The monoisotopic (exact) mass is 335 g/mol. The second-order valence-corrected chi connectivity index (χ2v) is 6.02. The Hall–Kier alpha value is -1.74. The Bertz CT molecular complexity index is 569. The summed E-state index contributed by atoms with van der Waals surface area (Å²) in [4.78, 5) is 24.9. The van der Waals surface area contributed by atoms with Gasteiger partial charge in [0.05, 0.1) is 13.7 Å². The average Bonchev–Trinajstić information content (AvgIpc) is 3.05. The summed E-state index contributed by atoms with van der Waals surface area (Å²) in [5.74, 6) is -1.53. The third-order valence-corrected chi connectivity index (χ3v) is 4.22. The van der Waals surface area contributed by atoms with E-state index < -0.39 is 24.0 Å². The largest absolute Gasteiger partial charge is 0.467 e. The number of amides is 1. The van der Waals surface area contributed by atoms with Gasteiger partial charge in [-0.1, -0.05) is 0 Å². The molecule has 0 unspecified atom stereocenters. The molecule has 0 aromatic carbocycles. The Morgan fingerprint density at radius 1 is 1.50 bits per heavy atom. The van der Waals surface area contributed by atoms with Gasteiger partial charge in [-0.3, -0.25) is 4.79 Å². The molecule has 22 heavy (non-hydrogen) atoms. The van der Waals surface area contributed by atoms with Gasteiger partial charge in [-0.2, -0.15) is 8.78 Å². The third-order valence-electron chi connectivity index (χ3n) is 3.19. The van der Waals surface area contributed by atoms with Crippen LogP contribution in [-0.4, -0.2) is 44.4 Å². The lowest BCUT2D eigenvalue weighted by Gasteiger charge is -2.25. The fourth-order valence-electron chi connectivity index (χ4n) is 2.18. The Labute approximate surface area is 129 Å². The molecule has 0 radical (unpaired) electrons. The van der Waals surface area contributed by atoms with Gasteiger partial charge in [0.25, 0.3) is 5.91 Å². The summed E-state index contributed by atoms with van der Waals surface area (Å²) in [6.45, 7) is -1.11. The number of alkyl halides is 2. The summed E-state index contributed by atoms with van der Waals surface area (Å²) in [6.07, 6.45) is 0.251. The number of aryl methyl sites for hydroxylation is 1. The first-order valence-corrected chi connectivity index (χ1v) is 7.23. The van der Waals surface area contributed by atoms with Crippen LogP contribution in [0.4, 0.5) is 8.78 Å². The molecule has 1 aliphatic heterocycles. The van der Waals surface area contributed by atoms with Crippen molar-refractivity contribution < 1.29 is 32.6 Å².